The number of nitrogens with one attached hydrogen (secondary N) is 1. The zero-order chi connectivity index (χ0) is 12.2. The SMILES string of the molecule is CNC(=O)C(C)CN(C)S(=O)(=O)C(C)C. The summed E-state index contributed by atoms with van der Waals surface area (Å²) in [5, 5.41) is 2.03. The maximum atomic E-state index is 11.7. The van der Waals surface area contributed by atoms with E-state index in [4.69, 9.17) is 0 Å². The van der Waals surface area contributed by atoms with Crippen molar-refractivity contribution >= 4 is 15.9 Å². The quantitative estimate of drug-likeness (QED) is 0.733. The molecule has 0 aromatic rings. The van der Waals surface area contributed by atoms with Crippen LogP contribution in [0.4, 0.5) is 0 Å². The third kappa shape index (κ3) is 3.79. The maximum Gasteiger partial charge on any atom is 0.223 e. The van der Waals surface area contributed by atoms with Gasteiger partial charge in [0.05, 0.1) is 5.25 Å². The lowest BCUT2D eigenvalue weighted by Crippen LogP contribution is -2.40. The van der Waals surface area contributed by atoms with Crippen molar-refractivity contribution in [1.29, 1.82) is 0 Å². The van der Waals surface area contributed by atoms with E-state index in [1.165, 1.54) is 18.4 Å². The summed E-state index contributed by atoms with van der Waals surface area (Å²) >= 11 is 0. The Labute approximate surface area is 91.9 Å². The zero-order valence-electron chi connectivity index (χ0n) is 9.94. The van der Waals surface area contributed by atoms with Crippen LogP contribution in [0, 0.1) is 5.92 Å². The van der Waals surface area contributed by atoms with E-state index in [2.05, 4.69) is 5.32 Å². The van der Waals surface area contributed by atoms with E-state index in [0.717, 1.165) is 0 Å². The van der Waals surface area contributed by atoms with E-state index < -0.39 is 15.3 Å². The standard InChI is InChI=1S/C9H20N2O3S/c1-7(2)15(13,14)11(5)6-8(3)9(12)10-4/h7-8H,6H2,1-5H3,(H,10,12). The molecule has 0 aliphatic rings. The lowest BCUT2D eigenvalue weighted by molar-refractivity contribution is -0.124. The summed E-state index contributed by atoms with van der Waals surface area (Å²) in [4.78, 5) is 11.2. The lowest BCUT2D eigenvalue weighted by Gasteiger charge is -2.22. The highest BCUT2D eigenvalue weighted by Gasteiger charge is 2.25. The fraction of sp³-hybridized carbons (Fsp3) is 0.889. The second kappa shape index (κ2) is 5.46. The van der Waals surface area contributed by atoms with Gasteiger partial charge in [-0.2, -0.15) is 0 Å². The van der Waals surface area contributed by atoms with Gasteiger partial charge in [0.25, 0.3) is 0 Å². The molecule has 0 bridgehead atoms. The number of sulfonamides is 1. The lowest BCUT2D eigenvalue weighted by atomic mass is 10.2. The molecule has 5 nitrogen and oxygen atoms in total. The zero-order valence-corrected chi connectivity index (χ0v) is 10.8. The van der Waals surface area contributed by atoms with Gasteiger partial charge in [0.1, 0.15) is 0 Å². The smallest absolute Gasteiger partial charge is 0.223 e. The molecule has 0 aliphatic heterocycles. The van der Waals surface area contributed by atoms with Crippen LogP contribution < -0.4 is 5.32 Å². The second-order valence-electron chi connectivity index (χ2n) is 3.89. The Morgan fingerprint density at radius 1 is 1.33 bits per heavy atom. The Hall–Kier alpha value is -0.620. The van der Waals surface area contributed by atoms with E-state index >= 15 is 0 Å². The van der Waals surface area contributed by atoms with Gasteiger partial charge in [-0.15, -0.1) is 0 Å². The van der Waals surface area contributed by atoms with Crippen molar-refractivity contribution in [3.05, 3.63) is 0 Å². The topological polar surface area (TPSA) is 66.5 Å². The van der Waals surface area contributed by atoms with Crippen LogP contribution in [0.1, 0.15) is 20.8 Å². The van der Waals surface area contributed by atoms with Gasteiger partial charge in [0.2, 0.25) is 15.9 Å². The van der Waals surface area contributed by atoms with Crippen molar-refractivity contribution in [3.8, 4) is 0 Å². The molecule has 0 fully saturated rings. The minimum absolute atomic E-state index is 0.152. The van der Waals surface area contributed by atoms with Crippen LogP contribution in [-0.4, -0.2) is 44.5 Å². The molecule has 0 heterocycles. The number of hydrogen-bond acceptors (Lipinski definition) is 3. The van der Waals surface area contributed by atoms with Crippen molar-refractivity contribution in [3.63, 3.8) is 0 Å². The number of amides is 1. The molecular formula is C9H20N2O3S. The van der Waals surface area contributed by atoms with E-state index in [1.54, 1.807) is 20.8 Å². The van der Waals surface area contributed by atoms with E-state index in [0.29, 0.717) is 0 Å². The molecule has 1 N–H and O–H groups in total. The Morgan fingerprint density at radius 3 is 2.13 bits per heavy atom. The molecule has 0 saturated heterocycles. The molecule has 1 unspecified atom stereocenters. The van der Waals surface area contributed by atoms with Gasteiger partial charge in [-0.3, -0.25) is 4.79 Å². The fourth-order valence-electron chi connectivity index (χ4n) is 1.18. The molecule has 90 valence electrons. The van der Waals surface area contributed by atoms with Gasteiger partial charge in [0, 0.05) is 26.6 Å². The fourth-order valence-corrected chi connectivity index (χ4v) is 2.33. The summed E-state index contributed by atoms with van der Waals surface area (Å²) in [6, 6.07) is 0. The van der Waals surface area contributed by atoms with Crippen LogP contribution >= 0.6 is 0 Å². The van der Waals surface area contributed by atoms with Crippen LogP contribution in [0.2, 0.25) is 0 Å². The van der Waals surface area contributed by atoms with Gasteiger partial charge in [0.15, 0.2) is 0 Å². The predicted octanol–water partition coefficient (Wildman–Crippen LogP) is 0.0385. The molecule has 0 aromatic heterocycles. The maximum absolute atomic E-state index is 11.7. The first-order valence-corrected chi connectivity index (χ1v) is 6.40. The van der Waals surface area contributed by atoms with Gasteiger partial charge in [-0.1, -0.05) is 6.92 Å². The third-order valence-corrected chi connectivity index (χ3v) is 4.46. The average molecular weight is 236 g/mol. The van der Waals surface area contributed by atoms with E-state index in [9.17, 15) is 13.2 Å². The van der Waals surface area contributed by atoms with E-state index in [1.807, 2.05) is 0 Å². The number of nitrogens with zero attached hydrogens (tertiary/aromatic N) is 1. The van der Waals surface area contributed by atoms with Crippen molar-refractivity contribution in [2.24, 2.45) is 5.92 Å². The van der Waals surface area contributed by atoms with Gasteiger partial charge < -0.3 is 5.32 Å². The Balaban J connectivity index is 4.51. The third-order valence-electron chi connectivity index (χ3n) is 2.26. The molecule has 15 heavy (non-hydrogen) atoms. The number of rotatable bonds is 5. The largest absolute Gasteiger partial charge is 0.359 e. The highest BCUT2D eigenvalue weighted by atomic mass is 32.2. The highest BCUT2D eigenvalue weighted by Crippen LogP contribution is 2.08. The summed E-state index contributed by atoms with van der Waals surface area (Å²) in [6.45, 7) is 5.15. The molecule has 0 aliphatic carbocycles. The van der Waals surface area contributed by atoms with Gasteiger partial charge >= 0.3 is 0 Å². The number of carbonyl (C=O) groups is 1. The van der Waals surface area contributed by atoms with Gasteiger partial charge in [-0.05, 0) is 13.8 Å². The number of carbonyl (C=O) groups excluding carboxylic acids is 1. The van der Waals surface area contributed by atoms with Crippen LogP contribution in [0.3, 0.4) is 0 Å². The average Bonchev–Trinajstić information content (AvgIpc) is 2.15. The second-order valence-corrected chi connectivity index (χ2v) is 6.49. The van der Waals surface area contributed by atoms with Crippen molar-refractivity contribution in [1.82, 2.24) is 9.62 Å². The minimum atomic E-state index is -3.26. The molecule has 0 rings (SSSR count). The Bertz CT molecular complexity index is 311. The summed E-state index contributed by atoms with van der Waals surface area (Å²) < 4.78 is 24.6. The first kappa shape index (κ1) is 14.4. The van der Waals surface area contributed by atoms with Crippen LogP contribution in [-0.2, 0) is 14.8 Å². The van der Waals surface area contributed by atoms with Crippen molar-refractivity contribution in [2.45, 2.75) is 26.0 Å². The molecule has 1 amide bonds. The summed E-state index contributed by atoms with van der Waals surface area (Å²) in [5.74, 6) is -0.491. The predicted molar refractivity (Wildman–Crippen MR) is 59.9 cm³/mol. The monoisotopic (exact) mass is 236 g/mol. The molecule has 0 spiro atoms. The van der Waals surface area contributed by atoms with Crippen molar-refractivity contribution < 1.29 is 13.2 Å². The normalized spacial score (nSPS) is 14.3. The molecule has 0 saturated carbocycles. The summed E-state index contributed by atoms with van der Waals surface area (Å²) in [5.41, 5.74) is 0. The van der Waals surface area contributed by atoms with Crippen LogP contribution in [0.15, 0.2) is 0 Å². The first-order chi connectivity index (χ1) is 6.73. The van der Waals surface area contributed by atoms with Crippen molar-refractivity contribution in [2.75, 3.05) is 20.6 Å². The van der Waals surface area contributed by atoms with E-state index in [-0.39, 0.29) is 18.4 Å². The molecule has 1 atom stereocenters. The minimum Gasteiger partial charge on any atom is -0.359 e. The Kier molecular flexibility index (Phi) is 5.23. The summed E-state index contributed by atoms with van der Waals surface area (Å²) in [7, 11) is -0.228. The number of hydrogen-bond donors (Lipinski definition) is 1. The van der Waals surface area contributed by atoms with Crippen LogP contribution in [0.25, 0.3) is 0 Å². The highest BCUT2D eigenvalue weighted by molar-refractivity contribution is 7.89. The molecule has 0 radical (unpaired) electrons. The summed E-state index contributed by atoms with van der Waals surface area (Å²) in [6.07, 6.45) is 0. The van der Waals surface area contributed by atoms with Gasteiger partial charge in [-0.25, -0.2) is 12.7 Å². The first-order valence-electron chi connectivity index (χ1n) is 4.90. The molecule has 0 aromatic carbocycles. The molecule has 6 heteroatoms. The Morgan fingerprint density at radius 2 is 1.80 bits per heavy atom. The van der Waals surface area contributed by atoms with Crippen LogP contribution in [0.5, 0.6) is 0 Å². The molecular weight excluding hydrogens is 216 g/mol.